The number of nitrogens with zero attached hydrogens (tertiary/aromatic N) is 1. The van der Waals surface area contributed by atoms with Gasteiger partial charge < -0.3 is 14.9 Å². The van der Waals surface area contributed by atoms with Crippen molar-refractivity contribution in [2.45, 2.75) is 31.0 Å². The fourth-order valence-corrected chi connectivity index (χ4v) is 1.91. The number of carbonyl (C=O) groups excluding carboxylic acids is 2. The summed E-state index contributed by atoms with van der Waals surface area (Å²) in [5.41, 5.74) is 0. The van der Waals surface area contributed by atoms with Crippen LogP contribution in [-0.4, -0.2) is 64.8 Å². The summed E-state index contributed by atoms with van der Waals surface area (Å²) in [6.07, 6.45) is -4.24. The molecule has 2 aliphatic rings. The van der Waals surface area contributed by atoms with Crippen molar-refractivity contribution in [1.29, 1.82) is 0 Å². The van der Waals surface area contributed by atoms with Gasteiger partial charge in [-0.25, -0.2) is 9.18 Å². The highest BCUT2D eigenvalue weighted by Crippen LogP contribution is 2.24. The van der Waals surface area contributed by atoms with Gasteiger partial charge in [-0.15, -0.1) is 0 Å². The molecule has 0 spiro atoms. The quantitative estimate of drug-likeness (QED) is 0.543. The number of nitrogens with one attached hydrogen (secondary N) is 1. The van der Waals surface area contributed by atoms with Gasteiger partial charge in [-0.05, 0) is 0 Å². The van der Waals surface area contributed by atoms with E-state index < -0.39 is 43.1 Å². The lowest BCUT2D eigenvalue weighted by Gasteiger charge is -2.32. The van der Waals surface area contributed by atoms with E-state index in [0.29, 0.717) is 0 Å². The molecule has 0 radical (unpaired) electrons. The zero-order chi connectivity index (χ0) is 12.6. The van der Waals surface area contributed by atoms with E-state index in [4.69, 9.17) is 9.84 Å². The van der Waals surface area contributed by atoms with Crippen molar-refractivity contribution in [3.63, 3.8) is 0 Å². The summed E-state index contributed by atoms with van der Waals surface area (Å²) >= 11 is 0. The first-order chi connectivity index (χ1) is 8.02. The van der Waals surface area contributed by atoms with Crippen LogP contribution in [0, 0.1) is 0 Å². The summed E-state index contributed by atoms with van der Waals surface area (Å²) in [6.45, 7) is -0.786. The number of aliphatic hydroxyl groups is 2. The van der Waals surface area contributed by atoms with Crippen molar-refractivity contribution in [3.05, 3.63) is 0 Å². The molecule has 4 atom stereocenters. The predicted octanol–water partition coefficient (Wildman–Crippen LogP) is -1.66. The Balaban J connectivity index is 2.03. The Bertz CT molecular complexity index is 339. The van der Waals surface area contributed by atoms with Crippen LogP contribution in [-0.2, 0) is 9.53 Å². The van der Waals surface area contributed by atoms with Gasteiger partial charge in [0.15, 0.2) is 6.17 Å². The van der Waals surface area contributed by atoms with Gasteiger partial charge in [-0.2, -0.15) is 0 Å². The number of ether oxygens (including phenoxy) is 1. The minimum absolute atomic E-state index is 0.0829. The number of imide groups is 1. The van der Waals surface area contributed by atoms with Gasteiger partial charge in [0.2, 0.25) is 0 Å². The molecule has 2 aliphatic heterocycles. The maximum atomic E-state index is 13.2. The number of amides is 3. The average Bonchev–Trinajstić information content (AvgIpc) is 2.65. The summed E-state index contributed by atoms with van der Waals surface area (Å²) in [4.78, 5) is 23.3. The van der Waals surface area contributed by atoms with Gasteiger partial charge in [0, 0.05) is 6.42 Å². The molecule has 2 heterocycles. The molecule has 2 rings (SSSR count). The molecule has 3 amide bonds. The van der Waals surface area contributed by atoms with E-state index in [1.807, 2.05) is 5.32 Å². The van der Waals surface area contributed by atoms with Crippen LogP contribution in [0.5, 0.6) is 0 Å². The summed E-state index contributed by atoms with van der Waals surface area (Å²) in [7, 11) is 0. The fraction of sp³-hybridized carbons (Fsp3) is 0.778. The molecule has 0 aromatic rings. The molecule has 0 aromatic carbocycles. The highest BCUT2D eigenvalue weighted by atomic mass is 19.1. The van der Waals surface area contributed by atoms with Crippen molar-refractivity contribution in [2.75, 3.05) is 13.2 Å². The Labute approximate surface area is 96.1 Å². The third kappa shape index (κ3) is 2.24. The Kier molecular flexibility index (Phi) is 3.27. The van der Waals surface area contributed by atoms with Crippen molar-refractivity contribution in [3.8, 4) is 0 Å². The van der Waals surface area contributed by atoms with Gasteiger partial charge in [0.1, 0.15) is 12.3 Å². The lowest BCUT2D eigenvalue weighted by atomic mass is 10.1. The molecule has 0 aliphatic carbocycles. The molecule has 0 aromatic heterocycles. The number of aliphatic hydroxyl groups excluding tert-OH is 2. The monoisotopic (exact) mass is 248 g/mol. The van der Waals surface area contributed by atoms with E-state index in [1.165, 1.54) is 0 Å². The molecule has 1 unspecified atom stereocenters. The van der Waals surface area contributed by atoms with Gasteiger partial charge in [-0.1, -0.05) is 0 Å². The van der Waals surface area contributed by atoms with Crippen LogP contribution in [0.1, 0.15) is 6.42 Å². The van der Waals surface area contributed by atoms with E-state index in [-0.39, 0.29) is 13.0 Å². The van der Waals surface area contributed by atoms with E-state index in [0.717, 1.165) is 4.90 Å². The molecule has 0 saturated carbocycles. The number of hydrogen-bond donors (Lipinski definition) is 3. The Morgan fingerprint density at radius 3 is 2.82 bits per heavy atom. The zero-order valence-corrected chi connectivity index (χ0v) is 8.88. The number of halogens is 1. The summed E-state index contributed by atoms with van der Waals surface area (Å²) in [6, 6.07) is -0.750. The van der Waals surface area contributed by atoms with Crippen LogP contribution in [0.4, 0.5) is 9.18 Å². The first-order valence-electron chi connectivity index (χ1n) is 5.23. The van der Waals surface area contributed by atoms with Crippen LogP contribution in [0.15, 0.2) is 0 Å². The van der Waals surface area contributed by atoms with Crippen LogP contribution in [0.2, 0.25) is 0 Å². The number of urea groups is 1. The van der Waals surface area contributed by atoms with Crippen LogP contribution < -0.4 is 5.32 Å². The molecular formula is C9H13FN2O5. The highest BCUT2D eigenvalue weighted by molar-refractivity contribution is 5.99. The maximum Gasteiger partial charge on any atom is 0.326 e. The van der Waals surface area contributed by atoms with Crippen molar-refractivity contribution in [1.82, 2.24) is 10.2 Å². The maximum absolute atomic E-state index is 13.2. The van der Waals surface area contributed by atoms with Crippen LogP contribution >= 0.6 is 0 Å². The lowest BCUT2D eigenvalue weighted by molar-refractivity contribution is -0.130. The minimum atomic E-state index is -1.80. The zero-order valence-electron chi connectivity index (χ0n) is 8.88. The number of carbonyl (C=O) groups is 2. The SMILES string of the molecule is O=C1NC(=O)N([C@H]2C[C@H](O)[C@@H](CO)O2)CC1F. The van der Waals surface area contributed by atoms with Gasteiger partial charge in [-0.3, -0.25) is 15.0 Å². The van der Waals surface area contributed by atoms with Crippen LogP contribution in [0.3, 0.4) is 0 Å². The third-order valence-corrected chi connectivity index (χ3v) is 2.86. The van der Waals surface area contributed by atoms with Crippen molar-refractivity contribution < 1.29 is 28.9 Å². The number of alkyl halides is 1. The fourth-order valence-electron chi connectivity index (χ4n) is 1.91. The smallest absolute Gasteiger partial charge is 0.326 e. The number of rotatable bonds is 2. The van der Waals surface area contributed by atoms with Gasteiger partial charge in [0.05, 0.1) is 19.3 Å². The number of hydrogen-bond acceptors (Lipinski definition) is 5. The Morgan fingerprint density at radius 2 is 2.24 bits per heavy atom. The van der Waals surface area contributed by atoms with E-state index in [1.54, 1.807) is 0 Å². The summed E-state index contributed by atoms with van der Waals surface area (Å²) in [5, 5.41) is 20.2. The second-order valence-corrected chi connectivity index (χ2v) is 4.03. The predicted molar refractivity (Wildman–Crippen MR) is 51.5 cm³/mol. The molecule has 7 nitrogen and oxygen atoms in total. The van der Waals surface area contributed by atoms with E-state index in [2.05, 4.69) is 0 Å². The Morgan fingerprint density at radius 1 is 1.53 bits per heavy atom. The molecule has 17 heavy (non-hydrogen) atoms. The molecule has 3 N–H and O–H groups in total. The minimum Gasteiger partial charge on any atom is -0.394 e. The normalized spacial score (nSPS) is 38.4. The van der Waals surface area contributed by atoms with E-state index in [9.17, 15) is 19.1 Å². The largest absolute Gasteiger partial charge is 0.394 e. The van der Waals surface area contributed by atoms with Crippen molar-refractivity contribution >= 4 is 11.9 Å². The topological polar surface area (TPSA) is 99.1 Å². The van der Waals surface area contributed by atoms with Crippen LogP contribution in [0.25, 0.3) is 0 Å². The molecule has 8 heteroatoms. The Hall–Kier alpha value is -1.25. The molecule has 0 bridgehead atoms. The first-order valence-corrected chi connectivity index (χ1v) is 5.23. The third-order valence-electron chi connectivity index (χ3n) is 2.86. The van der Waals surface area contributed by atoms with Gasteiger partial charge in [0.25, 0.3) is 5.91 Å². The summed E-state index contributed by atoms with van der Waals surface area (Å²) < 4.78 is 18.4. The summed E-state index contributed by atoms with van der Waals surface area (Å²) in [5.74, 6) is -0.969. The second-order valence-electron chi connectivity index (χ2n) is 4.03. The van der Waals surface area contributed by atoms with E-state index >= 15 is 0 Å². The first kappa shape index (κ1) is 12.2. The van der Waals surface area contributed by atoms with Gasteiger partial charge >= 0.3 is 6.03 Å². The second kappa shape index (κ2) is 4.55. The average molecular weight is 248 g/mol. The molecule has 96 valence electrons. The molecule has 2 fully saturated rings. The molecular weight excluding hydrogens is 235 g/mol. The van der Waals surface area contributed by atoms with Crippen molar-refractivity contribution in [2.24, 2.45) is 0 Å². The lowest BCUT2D eigenvalue weighted by Crippen LogP contribution is -2.58. The standard InChI is InChI=1S/C9H13FN2O5/c10-4-2-12(9(16)11-8(4)15)7-1-5(14)6(3-13)17-7/h4-7,13-14H,1-3H2,(H,11,15,16)/t4?,5-,6+,7+/m0/s1. The molecule has 2 saturated heterocycles. The highest BCUT2D eigenvalue weighted by Gasteiger charge is 2.42.